The number of phenols is 1. The van der Waals surface area contributed by atoms with Gasteiger partial charge in [0.2, 0.25) is 11.8 Å². The maximum atomic E-state index is 12.4. The smallest absolute Gasteiger partial charge is 0.238 e. The van der Waals surface area contributed by atoms with Crippen LogP contribution >= 0.6 is 11.8 Å². The predicted molar refractivity (Wildman–Crippen MR) is 107 cm³/mol. The summed E-state index contributed by atoms with van der Waals surface area (Å²) < 4.78 is 0. The Balaban J connectivity index is 1.69. The van der Waals surface area contributed by atoms with Gasteiger partial charge in [0.05, 0.1) is 5.71 Å². The zero-order valence-electron chi connectivity index (χ0n) is 14.5. The minimum absolute atomic E-state index is 0.0724. The summed E-state index contributed by atoms with van der Waals surface area (Å²) in [5.74, 6) is -0.369. The average Bonchev–Trinajstić information content (AvgIpc) is 2.67. The summed E-state index contributed by atoms with van der Waals surface area (Å²) in [6.07, 6.45) is 0.0724. The van der Waals surface area contributed by atoms with Crippen LogP contribution in [0.5, 0.6) is 5.75 Å². The van der Waals surface area contributed by atoms with E-state index in [4.69, 9.17) is 0 Å². The number of carbonyl (C=O) groups is 2. The van der Waals surface area contributed by atoms with E-state index in [0.29, 0.717) is 11.4 Å². The van der Waals surface area contributed by atoms with E-state index in [2.05, 4.69) is 20.8 Å². The van der Waals surface area contributed by atoms with Crippen molar-refractivity contribution in [2.75, 3.05) is 5.32 Å². The average molecular weight is 382 g/mol. The fourth-order valence-corrected chi connectivity index (χ4v) is 3.30. The molecule has 0 saturated carbocycles. The van der Waals surface area contributed by atoms with Crippen molar-refractivity contribution >= 4 is 40.1 Å². The van der Waals surface area contributed by atoms with Gasteiger partial charge >= 0.3 is 0 Å². The van der Waals surface area contributed by atoms with Crippen molar-refractivity contribution in [3.8, 4) is 5.75 Å². The van der Waals surface area contributed by atoms with Crippen molar-refractivity contribution in [1.82, 2.24) is 5.32 Å². The van der Waals surface area contributed by atoms with Crippen LogP contribution in [0.4, 0.5) is 5.69 Å². The van der Waals surface area contributed by atoms with Crippen LogP contribution in [-0.2, 0) is 9.59 Å². The monoisotopic (exact) mass is 382 g/mol. The highest BCUT2D eigenvalue weighted by Crippen LogP contribution is 2.22. The lowest BCUT2D eigenvalue weighted by molar-refractivity contribution is -0.123. The minimum Gasteiger partial charge on any atom is -0.508 e. The molecule has 2 aromatic rings. The van der Waals surface area contributed by atoms with Gasteiger partial charge in [-0.25, -0.2) is 0 Å². The van der Waals surface area contributed by atoms with Gasteiger partial charge in [-0.15, -0.1) is 5.10 Å². The number of rotatable bonds is 4. The topological polar surface area (TPSA) is 103 Å². The lowest BCUT2D eigenvalue weighted by atomic mass is 10.1. The number of anilines is 1. The van der Waals surface area contributed by atoms with Gasteiger partial charge in [-0.05, 0) is 48.9 Å². The van der Waals surface area contributed by atoms with Gasteiger partial charge in [0.25, 0.3) is 0 Å². The Morgan fingerprint density at radius 2 is 1.89 bits per heavy atom. The molecular weight excluding hydrogens is 364 g/mol. The van der Waals surface area contributed by atoms with Crippen LogP contribution in [0.2, 0.25) is 0 Å². The molecule has 0 aliphatic carbocycles. The molecule has 8 heteroatoms. The van der Waals surface area contributed by atoms with Crippen molar-refractivity contribution in [2.24, 2.45) is 10.2 Å². The molecule has 1 atom stereocenters. The van der Waals surface area contributed by atoms with Gasteiger partial charge in [-0.3, -0.25) is 9.59 Å². The number of benzene rings is 2. The number of nitrogens with one attached hydrogen (secondary N) is 2. The van der Waals surface area contributed by atoms with Gasteiger partial charge in [0.1, 0.15) is 11.0 Å². The van der Waals surface area contributed by atoms with Crippen LogP contribution in [0.1, 0.15) is 18.9 Å². The number of para-hydroxylation sites is 1. The first-order valence-corrected chi connectivity index (χ1v) is 9.13. The van der Waals surface area contributed by atoms with Crippen LogP contribution < -0.4 is 10.6 Å². The standard InChI is InChI=1S/C19H18N4O3S/c1-12(13-7-9-15(24)10-8-13)22-23-19-21-17(25)11-16(27-19)18(26)20-14-5-3-2-4-6-14/h2-10,16,24H,11H2,1H3,(H,20,26)(H,21,23,25)/b22-12+/t16-/m0/s1. The first-order chi connectivity index (χ1) is 13.0. The van der Waals surface area contributed by atoms with Crippen LogP contribution in [0.3, 0.4) is 0 Å². The fourth-order valence-electron chi connectivity index (χ4n) is 2.36. The number of hydrogen-bond acceptors (Lipinski definition) is 6. The molecule has 138 valence electrons. The SMILES string of the molecule is C/C(=N\N=C1/NC(=O)C[C@@H](C(=O)Nc2ccccc2)S1)c1ccc(O)cc1. The number of thioether (sulfide) groups is 1. The zero-order valence-corrected chi connectivity index (χ0v) is 15.4. The van der Waals surface area contributed by atoms with Crippen LogP contribution in [-0.4, -0.2) is 33.1 Å². The molecule has 0 unspecified atom stereocenters. The van der Waals surface area contributed by atoms with E-state index in [1.54, 1.807) is 43.3 Å². The number of nitrogens with zero attached hydrogens (tertiary/aromatic N) is 2. The zero-order chi connectivity index (χ0) is 19.2. The minimum atomic E-state index is -0.582. The van der Waals surface area contributed by atoms with E-state index in [1.807, 2.05) is 18.2 Å². The summed E-state index contributed by atoms with van der Waals surface area (Å²) in [6, 6.07) is 15.6. The molecule has 3 rings (SSSR count). The van der Waals surface area contributed by atoms with Gasteiger partial charge in [-0.1, -0.05) is 30.0 Å². The Kier molecular flexibility index (Phi) is 5.87. The summed E-state index contributed by atoms with van der Waals surface area (Å²) in [5.41, 5.74) is 2.09. The maximum Gasteiger partial charge on any atom is 0.238 e. The molecule has 7 nitrogen and oxygen atoms in total. The summed E-state index contributed by atoms with van der Waals surface area (Å²) in [5, 5.41) is 22.6. The van der Waals surface area contributed by atoms with Gasteiger partial charge in [0, 0.05) is 12.1 Å². The highest BCUT2D eigenvalue weighted by atomic mass is 32.2. The predicted octanol–water partition coefficient (Wildman–Crippen LogP) is 2.73. The molecule has 1 aliphatic heterocycles. The van der Waals surface area contributed by atoms with Crippen LogP contribution in [0, 0.1) is 0 Å². The molecule has 1 aliphatic rings. The molecule has 3 N–H and O–H groups in total. The molecule has 1 heterocycles. The van der Waals surface area contributed by atoms with Crippen molar-refractivity contribution in [1.29, 1.82) is 0 Å². The van der Waals surface area contributed by atoms with Gasteiger partial charge in [-0.2, -0.15) is 5.10 Å². The summed E-state index contributed by atoms with van der Waals surface area (Å²) in [7, 11) is 0. The molecule has 1 saturated heterocycles. The second-order valence-corrected chi connectivity index (χ2v) is 7.04. The number of amides is 2. The maximum absolute atomic E-state index is 12.4. The second-order valence-electron chi connectivity index (χ2n) is 5.85. The van der Waals surface area contributed by atoms with E-state index in [0.717, 1.165) is 17.3 Å². The number of hydrogen-bond donors (Lipinski definition) is 3. The highest BCUT2D eigenvalue weighted by molar-refractivity contribution is 8.15. The first-order valence-electron chi connectivity index (χ1n) is 8.25. The lowest BCUT2D eigenvalue weighted by Gasteiger charge is -2.21. The van der Waals surface area contributed by atoms with Crippen molar-refractivity contribution in [2.45, 2.75) is 18.6 Å². The second kappa shape index (κ2) is 8.50. The summed E-state index contributed by atoms with van der Waals surface area (Å²) >= 11 is 1.16. The molecule has 0 spiro atoms. The van der Waals surface area contributed by atoms with E-state index in [1.165, 1.54) is 0 Å². The van der Waals surface area contributed by atoms with Gasteiger partial charge < -0.3 is 15.7 Å². The third kappa shape index (κ3) is 5.18. The number of phenolic OH excluding ortho intramolecular Hbond substituents is 1. The van der Waals surface area contributed by atoms with E-state index in [-0.39, 0.29) is 29.2 Å². The van der Waals surface area contributed by atoms with E-state index >= 15 is 0 Å². The Labute approximate surface area is 160 Å². The van der Waals surface area contributed by atoms with Crippen molar-refractivity contribution in [3.63, 3.8) is 0 Å². The third-order valence-electron chi connectivity index (χ3n) is 3.78. The molecule has 0 bridgehead atoms. The van der Waals surface area contributed by atoms with Crippen molar-refractivity contribution in [3.05, 3.63) is 60.2 Å². The Morgan fingerprint density at radius 1 is 1.19 bits per heavy atom. The number of amidine groups is 1. The Morgan fingerprint density at radius 3 is 2.59 bits per heavy atom. The van der Waals surface area contributed by atoms with Crippen LogP contribution in [0.25, 0.3) is 0 Å². The Hall–Kier alpha value is -3.13. The molecule has 0 radical (unpaired) electrons. The van der Waals surface area contributed by atoms with Crippen molar-refractivity contribution < 1.29 is 14.7 Å². The number of carbonyl (C=O) groups excluding carboxylic acids is 2. The fraction of sp³-hybridized carbons (Fsp3) is 0.158. The normalized spacial score (nSPS) is 18.9. The molecule has 0 aromatic heterocycles. The molecular formula is C19H18N4O3S. The summed E-state index contributed by atoms with van der Waals surface area (Å²) in [4.78, 5) is 24.4. The summed E-state index contributed by atoms with van der Waals surface area (Å²) in [6.45, 7) is 1.77. The first kappa shape index (κ1) is 18.7. The molecule has 1 fully saturated rings. The molecule has 2 amide bonds. The van der Waals surface area contributed by atoms with Crippen LogP contribution in [0.15, 0.2) is 64.8 Å². The highest BCUT2D eigenvalue weighted by Gasteiger charge is 2.30. The largest absolute Gasteiger partial charge is 0.508 e. The van der Waals surface area contributed by atoms with E-state index < -0.39 is 5.25 Å². The quantitative estimate of drug-likeness (QED) is 0.559. The molecule has 27 heavy (non-hydrogen) atoms. The number of aromatic hydroxyl groups is 1. The molecule has 2 aromatic carbocycles. The van der Waals surface area contributed by atoms with Gasteiger partial charge in [0.15, 0.2) is 5.17 Å². The van der Waals surface area contributed by atoms with E-state index in [9.17, 15) is 14.7 Å². The lowest BCUT2D eigenvalue weighted by Crippen LogP contribution is -2.41. The third-order valence-corrected chi connectivity index (χ3v) is 4.85. The Bertz CT molecular complexity index is 895.